The number of hydrogen-bond donors (Lipinski definition) is 2. The highest BCUT2D eigenvalue weighted by Gasteiger charge is 2.12. The quantitative estimate of drug-likeness (QED) is 0.701. The molecule has 6 nitrogen and oxygen atoms in total. The van der Waals surface area contributed by atoms with Gasteiger partial charge in [-0.05, 0) is 43.5 Å². The molecule has 0 saturated heterocycles. The lowest BCUT2D eigenvalue weighted by molar-refractivity contribution is -0.116. The van der Waals surface area contributed by atoms with E-state index in [1.54, 1.807) is 6.07 Å². The molecule has 7 heteroatoms. The van der Waals surface area contributed by atoms with E-state index in [0.29, 0.717) is 10.6 Å². The first-order valence-electron chi connectivity index (χ1n) is 8.29. The predicted octanol–water partition coefficient (Wildman–Crippen LogP) is 3.31. The van der Waals surface area contributed by atoms with Crippen molar-refractivity contribution < 1.29 is 9.59 Å². The highest BCUT2D eigenvalue weighted by molar-refractivity contribution is 7.12. The summed E-state index contributed by atoms with van der Waals surface area (Å²) in [7, 11) is 0. The molecule has 0 radical (unpaired) electrons. The number of aryl methyl sites for hydroxylation is 2. The summed E-state index contributed by atoms with van der Waals surface area (Å²) in [6.45, 7) is 4.18. The molecular weight excluding hydrogens is 348 g/mol. The summed E-state index contributed by atoms with van der Waals surface area (Å²) in [6.07, 6.45) is 0.197. The molecular formula is C19H20N4O2S. The molecule has 1 aromatic carbocycles. The van der Waals surface area contributed by atoms with Crippen LogP contribution in [0.1, 0.15) is 27.5 Å². The molecule has 0 bridgehead atoms. The Balaban J connectivity index is 1.61. The Morgan fingerprint density at radius 1 is 1.15 bits per heavy atom. The van der Waals surface area contributed by atoms with Gasteiger partial charge in [-0.15, -0.1) is 11.3 Å². The minimum absolute atomic E-state index is 0.157. The average Bonchev–Trinajstić information content (AvgIpc) is 3.25. The normalized spacial score (nSPS) is 10.5. The SMILES string of the molecule is Cc1cc(C)n(-c2ccccc2NC(=O)CCNC(=O)c2cccs2)n1. The van der Waals surface area contributed by atoms with Gasteiger partial charge in [0, 0.05) is 18.7 Å². The number of amides is 2. The van der Waals surface area contributed by atoms with Crippen LogP contribution in [0.3, 0.4) is 0 Å². The molecule has 2 N–H and O–H groups in total. The fraction of sp³-hybridized carbons (Fsp3) is 0.211. The Labute approximate surface area is 155 Å². The maximum absolute atomic E-state index is 12.3. The molecule has 134 valence electrons. The molecule has 0 saturated carbocycles. The molecule has 0 aliphatic heterocycles. The number of aromatic nitrogens is 2. The van der Waals surface area contributed by atoms with Crippen LogP contribution in [-0.4, -0.2) is 28.1 Å². The highest BCUT2D eigenvalue weighted by Crippen LogP contribution is 2.21. The van der Waals surface area contributed by atoms with Crippen molar-refractivity contribution in [3.63, 3.8) is 0 Å². The van der Waals surface area contributed by atoms with Crippen LogP contribution < -0.4 is 10.6 Å². The minimum atomic E-state index is -0.162. The van der Waals surface area contributed by atoms with Crippen molar-refractivity contribution in [3.05, 3.63) is 64.1 Å². The van der Waals surface area contributed by atoms with Crippen molar-refractivity contribution in [3.8, 4) is 5.69 Å². The van der Waals surface area contributed by atoms with Crippen LogP contribution in [0.15, 0.2) is 47.8 Å². The second kappa shape index (κ2) is 7.97. The van der Waals surface area contributed by atoms with Gasteiger partial charge < -0.3 is 10.6 Å². The molecule has 2 heterocycles. The molecule has 0 atom stereocenters. The Morgan fingerprint density at radius 2 is 1.96 bits per heavy atom. The first-order chi connectivity index (χ1) is 12.5. The van der Waals surface area contributed by atoms with Gasteiger partial charge in [-0.1, -0.05) is 18.2 Å². The van der Waals surface area contributed by atoms with Crippen LogP contribution in [-0.2, 0) is 4.79 Å². The van der Waals surface area contributed by atoms with Crippen LogP contribution in [0, 0.1) is 13.8 Å². The molecule has 0 aliphatic rings. The molecule has 3 aromatic rings. The van der Waals surface area contributed by atoms with E-state index in [0.717, 1.165) is 17.1 Å². The average molecular weight is 368 g/mol. The molecule has 0 unspecified atom stereocenters. The zero-order chi connectivity index (χ0) is 18.5. The zero-order valence-corrected chi connectivity index (χ0v) is 15.5. The van der Waals surface area contributed by atoms with Crippen molar-refractivity contribution in [2.45, 2.75) is 20.3 Å². The number of anilines is 1. The number of nitrogens with zero attached hydrogens (tertiary/aromatic N) is 2. The lowest BCUT2D eigenvalue weighted by Gasteiger charge is -2.12. The van der Waals surface area contributed by atoms with E-state index < -0.39 is 0 Å². The van der Waals surface area contributed by atoms with E-state index in [1.807, 2.05) is 60.3 Å². The van der Waals surface area contributed by atoms with Crippen molar-refractivity contribution in [2.24, 2.45) is 0 Å². The Hall–Kier alpha value is -2.93. The number of hydrogen-bond acceptors (Lipinski definition) is 4. The predicted molar refractivity (Wildman–Crippen MR) is 103 cm³/mol. The van der Waals surface area contributed by atoms with E-state index in [1.165, 1.54) is 11.3 Å². The summed E-state index contributed by atoms with van der Waals surface area (Å²) < 4.78 is 1.81. The second-order valence-corrected chi connectivity index (χ2v) is 6.84. The third-order valence-electron chi connectivity index (χ3n) is 3.80. The zero-order valence-electron chi connectivity index (χ0n) is 14.7. The summed E-state index contributed by atoms with van der Waals surface area (Å²) in [5.41, 5.74) is 3.41. The van der Waals surface area contributed by atoms with E-state index >= 15 is 0 Å². The Morgan fingerprint density at radius 3 is 2.65 bits per heavy atom. The number of para-hydroxylation sites is 2. The van der Waals surface area contributed by atoms with E-state index in [2.05, 4.69) is 15.7 Å². The van der Waals surface area contributed by atoms with Crippen LogP contribution in [0.5, 0.6) is 0 Å². The van der Waals surface area contributed by atoms with Crippen molar-refractivity contribution in [1.82, 2.24) is 15.1 Å². The highest BCUT2D eigenvalue weighted by atomic mass is 32.1. The number of rotatable bonds is 6. The first-order valence-corrected chi connectivity index (χ1v) is 9.17. The number of benzene rings is 1. The first kappa shape index (κ1) is 17.9. The molecule has 0 spiro atoms. The number of nitrogens with one attached hydrogen (secondary N) is 2. The van der Waals surface area contributed by atoms with E-state index in [9.17, 15) is 9.59 Å². The van der Waals surface area contributed by atoms with Gasteiger partial charge in [0.1, 0.15) is 0 Å². The molecule has 2 aromatic heterocycles. The maximum atomic E-state index is 12.3. The topological polar surface area (TPSA) is 76.0 Å². The molecule has 3 rings (SSSR count). The van der Waals surface area contributed by atoms with Crippen molar-refractivity contribution >= 4 is 28.8 Å². The number of carbonyl (C=O) groups is 2. The van der Waals surface area contributed by atoms with Gasteiger partial charge in [0.25, 0.3) is 5.91 Å². The van der Waals surface area contributed by atoms with E-state index in [4.69, 9.17) is 0 Å². The van der Waals surface area contributed by atoms with Gasteiger partial charge in [-0.25, -0.2) is 4.68 Å². The fourth-order valence-electron chi connectivity index (χ4n) is 2.63. The number of carbonyl (C=O) groups excluding carboxylic acids is 2. The van der Waals surface area contributed by atoms with Crippen LogP contribution in [0.2, 0.25) is 0 Å². The second-order valence-electron chi connectivity index (χ2n) is 5.89. The molecule has 0 fully saturated rings. The van der Waals surface area contributed by atoms with Crippen LogP contribution in [0.25, 0.3) is 5.69 Å². The third kappa shape index (κ3) is 4.18. The summed E-state index contributed by atoms with van der Waals surface area (Å²) in [5.74, 6) is -0.318. The summed E-state index contributed by atoms with van der Waals surface area (Å²) in [6, 6.07) is 13.1. The molecule has 2 amide bonds. The van der Waals surface area contributed by atoms with Crippen molar-refractivity contribution in [2.75, 3.05) is 11.9 Å². The van der Waals surface area contributed by atoms with E-state index in [-0.39, 0.29) is 24.8 Å². The van der Waals surface area contributed by atoms with Gasteiger partial charge in [0.05, 0.1) is 21.9 Å². The van der Waals surface area contributed by atoms with Gasteiger partial charge in [0.15, 0.2) is 0 Å². The smallest absolute Gasteiger partial charge is 0.261 e. The summed E-state index contributed by atoms with van der Waals surface area (Å²) >= 11 is 1.37. The largest absolute Gasteiger partial charge is 0.351 e. The van der Waals surface area contributed by atoms with Crippen LogP contribution >= 0.6 is 11.3 Å². The Kier molecular flexibility index (Phi) is 5.48. The monoisotopic (exact) mass is 368 g/mol. The Bertz CT molecular complexity index is 916. The number of thiophene rings is 1. The van der Waals surface area contributed by atoms with Gasteiger partial charge in [-0.3, -0.25) is 9.59 Å². The van der Waals surface area contributed by atoms with Gasteiger partial charge in [0.2, 0.25) is 5.91 Å². The van der Waals surface area contributed by atoms with Crippen LogP contribution in [0.4, 0.5) is 5.69 Å². The fourth-order valence-corrected chi connectivity index (χ4v) is 3.27. The standard InChI is InChI=1S/C19H20N4O2S/c1-13-12-14(2)23(22-13)16-7-4-3-6-15(16)21-18(24)9-10-20-19(25)17-8-5-11-26-17/h3-8,11-12H,9-10H2,1-2H3,(H,20,25)(H,21,24). The summed E-state index contributed by atoms with van der Waals surface area (Å²) in [5, 5.41) is 12.0. The third-order valence-corrected chi connectivity index (χ3v) is 4.67. The van der Waals surface area contributed by atoms with Crippen molar-refractivity contribution in [1.29, 1.82) is 0 Å². The maximum Gasteiger partial charge on any atom is 0.261 e. The lowest BCUT2D eigenvalue weighted by atomic mass is 10.2. The minimum Gasteiger partial charge on any atom is -0.351 e. The summed E-state index contributed by atoms with van der Waals surface area (Å²) in [4.78, 5) is 24.8. The van der Waals surface area contributed by atoms with Gasteiger partial charge in [-0.2, -0.15) is 5.10 Å². The molecule has 26 heavy (non-hydrogen) atoms. The molecule has 0 aliphatic carbocycles. The van der Waals surface area contributed by atoms with Gasteiger partial charge >= 0.3 is 0 Å². The lowest BCUT2D eigenvalue weighted by Crippen LogP contribution is -2.27.